The lowest BCUT2D eigenvalue weighted by Crippen LogP contribution is -2.30. The fraction of sp³-hybridized carbons (Fsp3) is 0.941. The topological polar surface area (TPSA) is 237 Å². The molecule has 87 heavy (non-hydrogen) atoms. The molecule has 0 saturated heterocycles. The number of carbonyl (C=O) groups is 4. The van der Waals surface area contributed by atoms with Gasteiger partial charge in [0.15, 0.2) is 12.2 Å². The lowest BCUT2D eigenvalue weighted by atomic mass is 10.0. The van der Waals surface area contributed by atoms with Crippen molar-refractivity contribution in [2.24, 2.45) is 11.8 Å². The van der Waals surface area contributed by atoms with Crippen LogP contribution < -0.4 is 0 Å². The zero-order valence-corrected chi connectivity index (χ0v) is 58.1. The molecular weight excluding hydrogens is 1150 g/mol. The minimum absolute atomic E-state index is 0.105. The number of carbonyl (C=O) groups excluding carboxylic acids is 4. The van der Waals surface area contributed by atoms with E-state index in [-0.39, 0.29) is 25.7 Å². The van der Waals surface area contributed by atoms with Crippen molar-refractivity contribution in [1.29, 1.82) is 0 Å². The molecule has 0 saturated carbocycles. The Morgan fingerprint density at radius 1 is 0.310 bits per heavy atom. The van der Waals surface area contributed by atoms with Crippen LogP contribution in [0.25, 0.3) is 0 Å². The number of ether oxygens (including phenoxy) is 4. The molecule has 516 valence electrons. The number of hydrogen-bond donors (Lipinski definition) is 3. The molecule has 0 rings (SSSR count). The van der Waals surface area contributed by atoms with Gasteiger partial charge in [0.1, 0.15) is 19.3 Å². The lowest BCUT2D eigenvalue weighted by molar-refractivity contribution is -0.161. The minimum atomic E-state index is -4.95. The summed E-state index contributed by atoms with van der Waals surface area (Å²) in [5.74, 6) is -0.633. The van der Waals surface area contributed by atoms with E-state index >= 15 is 0 Å². The van der Waals surface area contributed by atoms with Gasteiger partial charge in [-0.1, -0.05) is 292 Å². The molecule has 0 heterocycles. The summed E-state index contributed by atoms with van der Waals surface area (Å²) >= 11 is 0. The zero-order chi connectivity index (χ0) is 64.3. The molecule has 17 nitrogen and oxygen atoms in total. The first-order valence-corrected chi connectivity index (χ1v) is 38.5. The number of rotatable bonds is 67. The highest BCUT2D eigenvalue weighted by molar-refractivity contribution is 7.47. The molecule has 0 aromatic rings. The Hall–Kier alpha value is -1.94. The van der Waals surface area contributed by atoms with Crippen LogP contribution in [0, 0.1) is 11.8 Å². The molecule has 0 amide bonds. The predicted octanol–water partition coefficient (Wildman–Crippen LogP) is 19.2. The molecule has 19 heteroatoms. The molecule has 0 bridgehead atoms. The van der Waals surface area contributed by atoms with Gasteiger partial charge in [-0.3, -0.25) is 37.3 Å². The Bertz CT molecular complexity index is 1700. The molecule has 0 aliphatic rings. The Kier molecular flexibility index (Phi) is 59.0. The second-order valence-corrected chi connectivity index (χ2v) is 28.4. The van der Waals surface area contributed by atoms with E-state index in [1.54, 1.807) is 0 Å². The summed E-state index contributed by atoms with van der Waals surface area (Å²) in [7, 11) is -9.89. The lowest BCUT2D eigenvalue weighted by Gasteiger charge is -2.21. The van der Waals surface area contributed by atoms with Gasteiger partial charge in [0.25, 0.3) is 0 Å². The number of phosphoric acid groups is 2. The maximum atomic E-state index is 13.0. The second kappa shape index (κ2) is 60.3. The van der Waals surface area contributed by atoms with Crippen LogP contribution in [0.15, 0.2) is 0 Å². The van der Waals surface area contributed by atoms with Gasteiger partial charge in [-0.15, -0.1) is 0 Å². The van der Waals surface area contributed by atoms with Gasteiger partial charge in [0, 0.05) is 25.7 Å². The number of esters is 4. The fourth-order valence-electron chi connectivity index (χ4n) is 10.2. The maximum Gasteiger partial charge on any atom is 0.472 e. The van der Waals surface area contributed by atoms with E-state index in [1.165, 1.54) is 154 Å². The summed E-state index contributed by atoms with van der Waals surface area (Å²) in [4.78, 5) is 72.4. The van der Waals surface area contributed by atoms with Crippen molar-refractivity contribution in [3.8, 4) is 0 Å². The third-order valence-electron chi connectivity index (χ3n) is 15.7. The number of unbranched alkanes of at least 4 members (excludes halogenated alkanes) is 37. The van der Waals surface area contributed by atoms with E-state index in [4.69, 9.17) is 37.0 Å². The van der Waals surface area contributed by atoms with Gasteiger partial charge >= 0.3 is 39.5 Å². The average molecular weight is 1280 g/mol. The smallest absolute Gasteiger partial charge is 0.462 e. The summed E-state index contributed by atoms with van der Waals surface area (Å²) in [6, 6.07) is 0. The van der Waals surface area contributed by atoms with E-state index < -0.39 is 97.5 Å². The molecule has 0 aromatic carbocycles. The summed E-state index contributed by atoms with van der Waals surface area (Å²) in [5, 5.41) is 10.6. The van der Waals surface area contributed by atoms with Crippen LogP contribution in [0.4, 0.5) is 0 Å². The van der Waals surface area contributed by atoms with E-state index in [1.807, 2.05) is 0 Å². The van der Waals surface area contributed by atoms with E-state index in [0.29, 0.717) is 25.7 Å². The summed E-state index contributed by atoms with van der Waals surface area (Å²) in [5.41, 5.74) is 0. The minimum Gasteiger partial charge on any atom is -0.462 e. The Morgan fingerprint density at radius 2 is 0.529 bits per heavy atom. The first-order chi connectivity index (χ1) is 41.9. The van der Waals surface area contributed by atoms with Crippen molar-refractivity contribution < 1.29 is 80.2 Å². The van der Waals surface area contributed by atoms with Crippen LogP contribution in [-0.4, -0.2) is 96.7 Å². The van der Waals surface area contributed by atoms with Crippen molar-refractivity contribution >= 4 is 39.5 Å². The van der Waals surface area contributed by atoms with Crippen LogP contribution >= 0.6 is 15.6 Å². The number of hydrogen-bond acceptors (Lipinski definition) is 15. The molecule has 0 aliphatic carbocycles. The van der Waals surface area contributed by atoms with Crippen molar-refractivity contribution in [2.45, 2.75) is 362 Å². The Morgan fingerprint density at radius 3 is 0.782 bits per heavy atom. The van der Waals surface area contributed by atoms with Crippen molar-refractivity contribution in [3.05, 3.63) is 0 Å². The van der Waals surface area contributed by atoms with Crippen LogP contribution in [0.1, 0.15) is 343 Å². The van der Waals surface area contributed by atoms with Gasteiger partial charge < -0.3 is 33.8 Å². The Balaban J connectivity index is 5.23. The van der Waals surface area contributed by atoms with Crippen molar-refractivity contribution in [1.82, 2.24) is 0 Å². The molecule has 0 radical (unpaired) electrons. The molecule has 0 aliphatic heterocycles. The fourth-order valence-corrected chi connectivity index (χ4v) is 11.8. The van der Waals surface area contributed by atoms with Crippen LogP contribution in [-0.2, 0) is 65.4 Å². The van der Waals surface area contributed by atoms with Crippen molar-refractivity contribution in [2.75, 3.05) is 39.6 Å². The molecule has 5 atom stereocenters. The quantitative estimate of drug-likeness (QED) is 0.0222. The summed E-state index contributed by atoms with van der Waals surface area (Å²) in [6.45, 7) is 9.48. The van der Waals surface area contributed by atoms with Crippen LogP contribution in [0.3, 0.4) is 0 Å². The zero-order valence-electron chi connectivity index (χ0n) is 56.3. The van der Waals surface area contributed by atoms with Gasteiger partial charge in [-0.25, -0.2) is 9.13 Å². The third-order valence-corrected chi connectivity index (χ3v) is 17.6. The van der Waals surface area contributed by atoms with Crippen molar-refractivity contribution in [3.63, 3.8) is 0 Å². The van der Waals surface area contributed by atoms with Gasteiger partial charge in [0.05, 0.1) is 26.4 Å². The summed E-state index contributed by atoms with van der Waals surface area (Å²) in [6.07, 6.45) is 44.4. The predicted molar refractivity (Wildman–Crippen MR) is 349 cm³/mol. The summed E-state index contributed by atoms with van der Waals surface area (Å²) < 4.78 is 68.1. The molecule has 3 N–H and O–H groups in total. The first-order valence-electron chi connectivity index (χ1n) is 35.5. The molecular formula is C68H132O17P2. The van der Waals surface area contributed by atoms with Gasteiger partial charge in [-0.05, 0) is 37.5 Å². The highest BCUT2D eigenvalue weighted by atomic mass is 31.2. The monoisotopic (exact) mass is 1280 g/mol. The third kappa shape index (κ3) is 62.6. The standard InChI is InChI=1S/C68H132O17P2/c1-7-9-11-13-15-17-18-19-20-21-28-34-40-46-52-67(72)84-64(57-79-66(71)51-45-39-33-27-23-22-25-30-36-42-48-60(3)4)59-83-87(76,77)81-55-62(69)54-80-86(74,75)82-58-63(56-78-65(70)50-44-38-32-16-14-12-10-8-2)85-68(73)53-47-41-35-29-24-26-31-37-43-49-61(5)6/h60-64,69H,7-59H2,1-6H3,(H,74,75)(H,76,77)/t62-,63+,64+/m0/s1. The molecule has 0 aromatic heterocycles. The largest absolute Gasteiger partial charge is 0.472 e. The average Bonchev–Trinajstić information content (AvgIpc) is 3.67. The van der Waals surface area contributed by atoms with Gasteiger partial charge in [-0.2, -0.15) is 0 Å². The van der Waals surface area contributed by atoms with Gasteiger partial charge in [0.2, 0.25) is 0 Å². The van der Waals surface area contributed by atoms with Crippen LogP contribution in [0.2, 0.25) is 0 Å². The SMILES string of the molecule is CCCCCCCCCCCCCCCCC(=O)O[C@H](COC(=O)CCCCCCCCCCCCC(C)C)COP(=O)(O)OC[C@@H](O)COP(=O)(O)OC[C@@H](COC(=O)CCCCCCCCCC)OC(=O)CCCCCCCCCCCC(C)C. The number of phosphoric ester groups is 2. The highest BCUT2D eigenvalue weighted by Crippen LogP contribution is 2.45. The number of aliphatic hydroxyl groups is 1. The normalized spacial score (nSPS) is 14.2. The first kappa shape index (κ1) is 85.1. The van der Waals surface area contributed by atoms with E-state index in [0.717, 1.165) is 108 Å². The molecule has 0 fully saturated rings. The molecule has 2 unspecified atom stereocenters. The number of aliphatic hydroxyl groups excluding tert-OH is 1. The second-order valence-electron chi connectivity index (χ2n) is 25.5. The highest BCUT2D eigenvalue weighted by Gasteiger charge is 2.30. The Labute approximate surface area is 530 Å². The van der Waals surface area contributed by atoms with E-state index in [9.17, 15) is 43.2 Å². The van der Waals surface area contributed by atoms with E-state index in [2.05, 4.69) is 41.5 Å². The maximum absolute atomic E-state index is 13.0. The van der Waals surface area contributed by atoms with Crippen LogP contribution in [0.5, 0.6) is 0 Å². The molecule has 0 spiro atoms.